The maximum atomic E-state index is 10.8. The van der Waals surface area contributed by atoms with Crippen LogP contribution in [0.4, 0.5) is 5.69 Å². The molecule has 88 valence electrons. The summed E-state index contributed by atoms with van der Waals surface area (Å²) in [5.41, 5.74) is 2.65. The molecule has 0 radical (unpaired) electrons. The molecule has 0 amide bonds. The molecule has 2 aromatic rings. The van der Waals surface area contributed by atoms with Gasteiger partial charge in [-0.15, -0.1) is 0 Å². The van der Waals surface area contributed by atoms with E-state index < -0.39 is 0 Å². The van der Waals surface area contributed by atoms with Crippen molar-refractivity contribution in [3.8, 4) is 0 Å². The number of nitrogens with zero attached hydrogens (tertiary/aromatic N) is 3. The van der Waals surface area contributed by atoms with Gasteiger partial charge in [0.25, 0.3) is 0 Å². The van der Waals surface area contributed by atoms with Crippen LogP contribution < -0.4 is 4.90 Å². The number of aromatic nitrogens is 2. The van der Waals surface area contributed by atoms with E-state index in [9.17, 15) is 4.79 Å². The molecule has 17 heavy (non-hydrogen) atoms. The number of aldehydes is 1. The molecular formula is C13H15N3O. The molecule has 0 atom stereocenters. The van der Waals surface area contributed by atoms with Gasteiger partial charge in [-0.05, 0) is 25.3 Å². The molecule has 0 N–H and O–H groups in total. The summed E-state index contributed by atoms with van der Waals surface area (Å²) in [5, 5.41) is 0. The van der Waals surface area contributed by atoms with Crippen LogP contribution in [0.15, 0.2) is 24.5 Å². The van der Waals surface area contributed by atoms with Gasteiger partial charge in [0, 0.05) is 31.0 Å². The fraction of sp³-hybridized carbons (Fsp3) is 0.385. The summed E-state index contributed by atoms with van der Waals surface area (Å²) >= 11 is 0. The van der Waals surface area contributed by atoms with Gasteiger partial charge in [-0.2, -0.15) is 0 Å². The highest BCUT2D eigenvalue weighted by Crippen LogP contribution is 2.21. The molecule has 0 aromatic carbocycles. The number of pyridine rings is 1. The Morgan fingerprint density at radius 2 is 2.06 bits per heavy atom. The fourth-order valence-electron chi connectivity index (χ4n) is 2.43. The molecule has 0 spiro atoms. The van der Waals surface area contributed by atoms with E-state index in [-0.39, 0.29) is 0 Å². The van der Waals surface area contributed by atoms with Gasteiger partial charge in [-0.25, -0.2) is 4.98 Å². The highest BCUT2D eigenvalue weighted by atomic mass is 16.1. The van der Waals surface area contributed by atoms with Crippen molar-refractivity contribution in [2.24, 2.45) is 0 Å². The summed E-state index contributed by atoms with van der Waals surface area (Å²) in [6, 6.07) is 4.12. The van der Waals surface area contributed by atoms with Crippen molar-refractivity contribution in [1.29, 1.82) is 0 Å². The van der Waals surface area contributed by atoms with Crippen LogP contribution in [0.2, 0.25) is 0 Å². The van der Waals surface area contributed by atoms with E-state index in [0.29, 0.717) is 5.69 Å². The molecule has 0 bridgehead atoms. The van der Waals surface area contributed by atoms with Crippen LogP contribution in [0.25, 0.3) is 5.65 Å². The van der Waals surface area contributed by atoms with Crippen molar-refractivity contribution in [2.75, 3.05) is 18.0 Å². The van der Waals surface area contributed by atoms with E-state index in [1.807, 2.05) is 10.6 Å². The van der Waals surface area contributed by atoms with E-state index in [1.54, 1.807) is 6.20 Å². The van der Waals surface area contributed by atoms with Crippen molar-refractivity contribution in [3.63, 3.8) is 0 Å². The number of piperidine rings is 1. The second-order valence-corrected chi connectivity index (χ2v) is 4.46. The quantitative estimate of drug-likeness (QED) is 0.740. The summed E-state index contributed by atoms with van der Waals surface area (Å²) < 4.78 is 1.82. The van der Waals surface area contributed by atoms with Crippen LogP contribution in [0.1, 0.15) is 29.8 Å². The molecular weight excluding hydrogens is 214 g/mol. The Morgan fingerprint density at radius 3 is 2.82 bits per heavy atom. The number of rotatable bonds is 2. The lowest BCUT2D eigenvalue weighted by Crippen LogP contribution is -2.29. The lowest BCUT2D eigenvalue weighted by Gasteiger charge is -2.28. The summed E-state index contributed by atoms with van der Waals surface area (Å²) in [4.78, 5) is 17.4. The van der Waals surface area contributed by atoms with Crippen LogP contribution >= 0.6 is 0 Å². The molecule has 0 saturated carbocycles. The molecule has 1 saturated heterocycles. The lowest BCUT2D eigenvalue weighted by molar-refractivity contribution is 0.111. The summed E-state index contributed by atoms with van der Waals surface area (Å²) in [7, 11) is 0. The van der Waals surface area contributed by atoms with Crippen molar-refractivity contribution in [3.05, 3.63) is 30.2 Å². The number of anilines is 1. The Hall–Kier alpha value is -1.84. The standard InChI is InChI=1S/C13H15N3O/c17-10-12-9-14-13-8-11(4-7-16(12)13)15-5-2-1-3-6-15/h4,7-10H,1-3,5-6H2. The van der Waals surface area contributed by atoms with E-state index in [2.05, 4.69) is 22.0 Å². The highest BCUT2D eigenvalue weighted by molar-refractivity contribution is 5.74. The minimum absolute atomic E-state index is 0.602. The molecule has 0 aliphatic carbocycles. The van der Waals surface area contributed by atoms with Gasteiger partial charge in [0.1, 0.15) is 11.3 Å². The second-order valence-electron chi connectivity index (χ2n) is 4.46. The average Bonchev–Trinajstić information content (AvgIpc) is 2.81. The summed E-state index contributed by atoms with van der Waals surface area (Å²) in [5.74, 6) is 0. The highest BCUT2D eigenvalue weighted by Gasteiger charge is 2.12. The number of fused-ring (bicyclic) bond motifs is 1. The average molecular weight is 229 g/mol. The number of carbonyl (C=O) groups excluding carboxylic acids is 1. The van der Waals surface area contributed by atoms with Gasteiger partial charge >= 0.3 is 0 Å². The third-order valence-corrected chi connectivity index (χ3v) is 3.37. The molecule has 4 nitrogen and oxygen atoms in total. The smallest absolute Gasteiger partial charge is 0.168 e. The van der Waals surface area contributed by atoms with Crippen molar-refractivity contribution >= 4 is 17.6 Å². The fourth-order valence-corrected chi connectivity index (χ4v) is 2.43. The van der Waals surface area contributed by atoms with Crippen LogP contribution in [-0.4, -0.2) is 28.8 Å². The summed E-state index contributed by atoms with van der Waals surface area (Å²) in [6.45, 7) is 2.24. The molecule has 3 heterocycles. The monoisotopic (exact) mass is 229 g/mol. The van der Waals surface area contributed by atoms with Gasteiger partial charge in [0.05, 0.1) is 6.20 Å². The van der Waals surface area contributed by atoms with E-state index in [1.165, 1.54) is 24.9 Å². The molecule has 1 aliphatic rings. The largest absolute Gasteiger partial charge is 0.371 e. The second kappa shape index (κ2) is 4.20. The molecule has 2 aromatic heterocycles. The SMILES string of the molecule is O=Cc1cnc2cc(N3CCCCC3)ccn12. The van der Waals surface area contributed by atoms with Gasteiger partial charge < -0.3 is 4.90 Å². The first kappa shape index (κ1) is 10.3. The first-order chi connectivity index (χ1) is 8.38. The van der Waals surface area contributed by atoms with Gasteiger partial charge in [0.15, 0.2) is 6.29 Å². The van der Waals surface area contributed by atoms with Gasteiger partial charge in [0.2, 0.25) is 0 Å². The third-order valence-electron chi connectivity index (χ3n) is 3.37. The van der Waals surface area contributed by atoms with E-state index in [0.717, 1.165) is 25.0 Å². The molecule has 0 unspecified atom stereocenters. The van der Waals surface area contributed by atoms with Crippen LogP contribution in [0.5, 0.6) is 0 Å². The number of carbonyl (C=O) groups is 1. The van der Waals surface area contributed by atoms with Crippen LogP contribution in [-0.2, 0) is 0 Å². The zero-order valence-electron chi connectivity index (χ0n) is 9.67. The Balaban J connectivity index is 1.98. The van der Waals surface area contributed by atoms with Crippen LogP contribution in [0.3, 0.4) is 0 Å². The van der Waals surface area contributed by atoms with Crippen molar-refractivity contribution in [2.45, 2.75) is 19.3 Å². The zero-order valence-corrected chi connectivity index (χ0v) is 9.67. The van der Waals surface area contributed by atoms with Crippen LogP contribution in [0, 0.1) is 0 Å². The molecule has 1 aliphatic heterocycles. The lowest BCUT2D eigenvalue weighted by atomic mass is 10.1. The summed E-state index contributed by atoms with van der Waals surface area (Å²) in [6.07, 6.45) is 8.23. The number of imidazole rings is 1. The van der Waals surface area contributed by atoms with Gasteiger partial charge in [-0.3, -0.25) is 9.20 Å². The van der Waals surface area contributed by atoms with Crippen molar-refractivity contribution in [1.82, 2.24) is 9.38 Å². The molecule has 1 fully saturated rings. The number of hydrogen-bond acceptors (Lipinski definition) is 3. The maximum Gasteiger partial charge on any atom is 0.168 e. The first-order valence-electron chi connectivity index (χ1n) is 6.06. The maximum absolute atomic E-state index is 10.8. The Kier molecular flexibility index (Phi) is 2.55. The zero-order chi connectivity index (χ0) is 11.7. The topological polar surface area (TPSA) is 37.6 Å². The third kappa shape index (κ3) is 1.79. The first-order valence-corrected chi connectivity index (χ1v) is 6.06. The van der Waals surface area contributed by atoms with Gasteiger partial charge in [-0.1, -0.05) is 0 Å². The molecule has 4 heteroatoms. The Labute approximate surface area is 99.9 Å². The normalized spacial score (nSPS) is 16.4. The number of hydrogen-bond donors (Lipinski definition) is 0. The van der Waals surface area contributed by atoms with E-state index in [4.69, 9.17) is 0 Å². The predicted octanol–water partition coefficient (Wildman–Crippen LogP) is 2.14. The van der Waals surface area contributed by atoms with E-state index >= 15 is 0 Å². The Morgan fingerprint density at radius 1 is 1.24 bits per heavy atom. The Bertz CT molecular complexity index is 541. The van der Waals surface area contributed by atoms with Crippen molar-refractivity contribution < 1.29 is 4.79 Å². The molecule has 3 rings (SSSR count). The minimum Gasteiger partial charge on any atom is -0.371 e. The predicted molar refractivity (Wildman–Crippen MR) is 66.6 cm³/mol. The minimum atomic E-state index is 0.602.